The third kappa shape index (κ3) is 6.65. The van der Waals surface area contributed by atoms with Crippen molar-refractivity contribution in [3.8, 4) is 0 Å². The standard InChI is InChI=1S/C27H48/c1-10-27(11-2,24(8)23(7)20-22(5)6)18-13-15-25-16-19-26(25,9)17-12-14-21(3)4/h14-15,23-24H,5,10-13,16-20H2,1-4,6-9H3. The highest BCUT2D eigenvalue weighted by Gasteiger charge is 2.37. The SMILES string of the molecule is C=C(C)CC(C)C(C)C(CC)(CC)CCC=C1CCC1(C)CCC=C(C)C. The lowest BCUT2D eigenvalue weighted by atomic mass is 9.61. The molecule has 1 rings (SSSR count). The molecule has 0 amide bonds. The zero-order valence-electron chi connectivity index (χ0n) is 19.9. The average Bonchev–Trinajstić information content (AvgIpc) is 2.59. The van der Waals surface area contributed by atoms with Crippen LogP contribution in [0.5, 0.6) is 0 Å². The third-order valence-corrected chi connectivity index (χ3v) is 7.90. The second kappa shape index (κ2) is 10.7. The Morgan fingerprint density at radius 3 is 2.22 bits per heavy atom. The van der Waals surface area contributed by atoms with Gasteiger partial charge in [0.25, 0.3) is 0 Å². The fourth-order valence-electron chi connectivity index (χ4n) is 5.35. The number of rotatable bonds is 12. The minimum Gasteiger partial charge on any atom is -0.100 e. The molecule has 0 aromatic carbocycles. The molecule has 0 saturated heterocycles. The van der Waals surface area contributed by atoms with Crippen LogP contribution in [0.3, 0.4) is 0 Å². The van der Waals surface area contributed by atoms with Gasteiger partial charge in [-0.25, -0.2) is 0 Å². The van der Waals surface area contributed by atoms with Gasteiger partial charge in [-0.2, -0.15) is 0 Å². The maximum atomic E-state index is 4.15. The molecule has 0 aliphatic heterocycles. The summed E-state index contributed by atoms with van der Waals surface area (Å²) in [7, 11) is 0. The largest absolute Gasteiger partial charge is 0.100 e. The van der Waals surface area contributed by atoms with Crippen molar-refractivity contribution in [1.82, 2.24) is 0 Å². The summed E-state index contributed by atoms with van der Waals surface area (Å²) in [6, 6.07) is 0. The van der Waals surface area contributed by atoms with E-state index in [-0.39, 0.29) is 0 Å². The first-order chi connectivity index (χ1) is 12.6. The van der Waals surface area contributed by atoms with Crippen molar-refractivity contribution >= 4 is 0 Å². The molecule has 0 aromatic heterocycles. The molecule has 1 aliphatic rings. The maximum absolute atomic E-state index is 4.15. The topological polar surface area (TPSA) is 0 Å². The van der Waals surface area contributed by atoms with Crippen LogP contribution >= 0.6 is 0 Å². The summed E-state index contributed by atoms with van der Waals surface area (Å²) in [6.07, 6.45) is 16.7. The van der Waals surface area contributed by atoms with E-state index < -0.39 is 0 Å². The molecule has 1 fully saturated rings. The Morgan fingerprint density at radius 2 is 1.78 bits per heavy atom. The van der Waals surface area contributed by atoms with Gasteiger partial charge < -0.3 is 0 Å². The normalized spacial score (nSPS) is 23.6. The highest BCUT2D eigenvalue weighted by Crippen LogP contribution is 2.50. The van der Waals surface area contributed by atoms with Crippen molar-refractivity contribution in [1.29, 1.82) is 0 Å². The maximum Gasteiger partial charge on any atom is -0.0110 e. The van der Waals surface area contributed by atoms with Gasteiger partial charge in [-0.3, -0.25) is 0 Å². The predicted octanol–water partition coefficient (Wildman–Crippen LogP) is 9.28. The molecule has 0 spiro atoms. The molecule has 0 N–H and O–H groups in total. The molecule has 0 heteroatoms. The van der Waals surface area contributed by atoms with E-state index in [4.69, 9.17) is 0 Å². The summed E-state index contributed by atoms with van der Waals surface area (Å²) in [5.41, 5.74) is 5.49. The van der Waals surface area contributed by atoms with Crippen molar-refractivity contribution in [2.75, 3.05) is 0 Å². The van der Waals surface area contributed by atoms with Crippen LogP contribution in [0.4, 0.5) is 0 Å². The number of hydrogen-bond donors (Lipinski definition) is 0. The van der Waals surface area contributed by atoms with Gasteiger partial charge in [0, 0.05) is 0 Å². The fourth-order valence-corrected chi connectivity index (χ4v) is 5.35. The van der Waals surface area contributed by atoms with Crippen molar-refractivity contribution in [2.24, 2.45) is 22.7 Å². The molecule has 3 unspecified atom stereocenters. The van der Waals surface area contributed by atoms with Crippen molar-refractivity contribution in [2.45, 2.75) is 113 Å². The second-order valence-corrected chi connectivity index (χ2v) is 10.1. The first kappa shape index (κ1) is 24.3. The van der Waals surface area contributed by atoms with Crippen LogP contribution in [0.15, 0.2) is 35.5 Å². The van der Waals surface area contributed by atoms with E-state index in [1.807, 2.05) is 0 Å². The van der Waals surface area contributed by atoms with Crippen LogP contribution in [0.1, 0.15) is 113 Å². The van der Waals surface area contributed by atoms with Crippen LogP contribution in [0.25, 0.3) is 0 Å². The molecule has 0 heterocycles. The van der Waals surface area contributed by atoms with Crippen molar-refractivity contribution in [3.05, 3.63) is 35.5 Å². The molecule has 1 saturated carbocycles. The Labute approximate surface area is 171 Å². The van der Waals surface area contributed by atoms with Gasteiger partial charge in [0.15, 0.2) is 0 Å². The number of hydrogen-bond acceptors (Lipinski definition) is 0. The average molecular weight is 373 g/mol. The summed E-state index contributed by atoms with van der Waals surface area (Å²) >= 11 is 0. The predicted molar refractivity (Wildman–Crippen MR) is 124 cm³/mol. The molecule has 27 heavy (non-hydrogen) atoms. The molecule has 156 valence electrons. The lowest BCUT2D eigenvalue weighted by Crippen LogP contribution is -2.32. The Kier molecular flexibility index (Phi) is 9.59. The third-order valence-electron chi connectivity index (χ3n) is 7.90. The molecule has 1 aliphatic carbocycles. The monoisotopic (exact) mass is 372 g/mol. The zero-order chi connectivity index (χ0) is 20.7. The van der Waals surface area contributed by atoms with E-state index in [2.05, 4.69) is 74.1 Å². The molecule has 0 bridgehead atoms. The summed E-state index contributed by atoms with van der Waals surface area (Å²) in [4.78, 5) is 0. The van der Waals surface area contributed by atoms with Crippen LogP contribution in [0, 0.1) is 22.7 Å². The van der Waals surface area contributed by atoms with Gasteiger partial charge >= 0.3 is 0 Å². The van der Waals surface area contributed by atoms with Crippen molar-refractivity contribution < 1.29 is 0 Å². The van der Waals surface area contributed by atoms with Crippen LogP contribution < -0.4 is 0 Å². The number of allylic oxidation sites excluding steroid dienone is 5. The quantitative estimate of drug-likeness (QED) is 0.299. The van der Waals surface area contributed by atoms with E-state index >= 15 is 0 Å². The van der Waals surface area contributed by atoms with Gasteiger partial charge in [-0.15, -0.1) is 6.58 Å². The fraction of sp³-hybridized carbons (Fsp3) is 0.778. The smallest absolute Gasteiger partial charge is 0.0110 e. The minimum atomic E-state index is 0.478. The minimum absolute atomic E-state index is 0.478. The second-order valence-electron chi connectivity index (χ2n) is 10.1. The summed E-state index contributed by atoms with van der Waals surface area (Å²) in [5.74, 6) is 1.49. The van der Waals surface area contributed by atoms with Crippen LogP contribution in [-0.2, 0) is 0 Å². The first-order valence-corrected chi connectivity index (χ1v) is 11.6. The molecule has 0 nitrogen and oxygen atoms in total. The van der Waals surface area contributed by atoms with E-state index in [0.717, 1.165) is 11.8 Å². The van der Waals surface area contributed by atoms with Crippen molar-refractivity contribution in [3.63, 3.8) is 0 Å². The Balaban J connectivity index is 2.72. The molecular formula is C27H48. The summed E-state index contributed by atoms with van der Waals surface area (Å²) in [6.45, 7) is 23.0. The van der Waals surface area contributed by atoms with Gasteiger partial charge in [0.05, 0.1) is 0 Å². The van der Waals surface area contributed by atoms with Gasteiger partial charge in [0.2, 0.25) is 0 Å². The van der Waals surface area contributed by atoms with Gasteiger partial charge in [-0.05, 0) is 88.4 Å². The lowest BCUT2D eigenvalue weighted by Gasteiger charge is -2.44. The van der Waals surface area contributed by atoms with Crippen LogP contribution in [-0.4, -0.2) is 0 Å². The van der Waals surface area contributed by atoms with Crippen LogP contribution in [0.2, 0.25) is 0 Å². The Morgan fingerprint density at radius 1 is 1.15 bits per heavy atom. The van der Waals surface area contributed by atoms with Gasteiger partial charge in [0.1, 0.15) is 0 Å². The van der Waals surface area contributed by atoms with E-state index in [1.165, 1.54) is 68.9 Å². The highest BCUT2D eigenvalue weighted by molar-refractivity contribution is 5.22. The Bertz CT molecular complexity index is 524. The zero-order valence-corrected chi connectivity index (χ0v) is 19.9. The summed E-state index contributed by atoms with van der Waals surface area (Å²) < 4.78 is 0. The summed E-state index contributed by atoms with van der Waals surface area (Å²) in [5, 5.41) is 0. The van der Waals surface area contributed by atoms with E-state index in [9.17, 15) is 0 Å². The lowest BCUT2D eigenvalue weighted by molar-refractivity contribution is 0.0965. The van der Waals surface area contributed by atoms with E-state index in [1.54, 1.807) is 5.57 Å². The Hall–Kier alpha value is -0.780. The van der Waals surface area contributed by atoms with Gasteiger partial charge in [-0.1, -0.05) is 76.3 Å². The molecule has 3 atom stereocenters. The molecule has 0 radical (unpaired) electrons. The highest BCUT2D eigenvalue weighted by atomic mass is 14.4. The molecule has 0 aromatic rings. The molecular weight excluding hydrogens is 324 g/mol. The van der Waals surface area contributed by atoms with E-state index in [0.29, 0.717) is 10.8 Å². The first-order valence-electron chi connectivity index (χ1n) is 11.6.